The van der Waals surface area contributed by atoms with E-state index in [0.717, 1.165) is 18.4 Å². The summed E-state index contributed by atoms with van der Waals surface area (Å²) < 4.78 is 0. The van der Waals surface area contributed by atoms with E-state index in [1.54, 1.807) is 4.90 Å². The first kappa shape index (κ1) is 17.7. The molecule has 2 rings (SSSR count). The lowest BCUT2D eigenvalue weighted by Gasteiger charge is -2.21. The summed E-state index contributed by atoms with van der Waals surface area (Å²) in [6.45, 7) is 2.60. The number of aliphatic carboxylic acids is 1. The molecule has 0 fully saturated rings. The zero-order chi connectivity index (χ0) is 17.4. The molecule has 0 aliphatic carbocycles. The molecule has 4 heteroatoms. The summed E-state index contributed by atoms with van der Waals surface area (Å²) in [6, 6.07) is 17.8. The molecular formula is C20H23NO3. The second-order valence-electron chi connectivity index (χ2n) is 5.67. The first-order chi connectivity index (χ1) is 11.6. The van der Waals surface area contributed by atoms with Crippen molar-refractivity contribution in [3.8, 4) is 0 Å². The van der Waals surface area contributed by atoms with E-state index in [0.29, 0.717) is 12.1 Å². The quantitative estimate of drug-likeness (QED) is 0.809. The van der Waals surface area contributed by atoms with Gasteiger partial charge in [0.05, 0.1) is 6.42 Å². The van der Waals surface area contributed by atoms with Crippen molar-refractivity contribution in [1.29, 1.82) is 0 Å². The number of hydrogen-bond donors (Lipinski definition) is 1. The molecule has 4 nitrogen and oxygen atoms in total. The topological polar surface area (TPSA) is 57.6 Å². The molecule has 0 heterocycles. The van der Waals surface area contributed by atoms with Crippen molar-refractivity contribution in [3.05, 3.63) is 71.3 Å². The molecule has 0 atom stereocenters. The monoisotopic (exact) mass is 325 g/mol. The minimum absolute atomic E-state index is 0.0360. The van der Waals surface area contributed by atoms with Crippen molar-refractivity contribution in [2.45, 2.75) is 26.2 Å². The van der Waals surface area contributed by atoms with Gasteiger partial charge in [0.1, 0.15) is 0 Å². The maximum atomic E-state index is 12.8. The Balaban J connectivity index is 2.11. The van der Waals surface area contributed by atoms with Gasteiger partial charge in [-0.1, -0.05) is 48.5 Å². The van der Waals surface area contributed by atoms with Crippen LogP contribution >= 0.6 is 0 Å². The van der Waals surface area contributed by atoms with Crippen LogP contribution in [0.5, 0.6) is 0 Å². The summed E-state index contributed by atoms with van der Waals surface area (Å²) >= 11 is 0. The van der Waals surface area contributed by atoms with Crippen LogP contribution in [-0.4, -0.2) is 35.0 Å². The van der Waals surface area contributed by atoms with Crippen molar-refractivity contribution < 1.29 is 14.7 Å². The van der Waals surface area contributed by atoms with Crippen LogP contribution in [0.4, 0.5) is 0 Å². The second kappa shape index (κ2) is 8.87. The Kier molecular flexibility index (Phi) is 6.55. The number of carboxylic acid groups (broad SMARTS) is 1. The fourth-order valence-corrected chi connectivity index (χ4v) is 2.67. The highest BCUT2D eigenvalue weighted by Gasteiger charge is 2.18. The number of amides is 1. The lowest BCUT2D eigenvalue weighted by atomic mass is 9.99. The average Bonchev–Trinajstić information content (AvgIpc) is 2.61. The third-order valence-corrected chi connectivity index (χ3v) is 4.04. The molecule has 0 radical (unpaired) electrons. The maximum absolute atomic E-state index is 12.8. The highest BCUT2D eigenvalue weighted by molar-refractivity contribution is 5.95. The molecule has 0 saturated heterocycles. The van der Waals surface area contributed by atoms with Crippen LogP contribution in [0.1, 0.15) is 34.8 Å². The van der Waals surface area contributed by atoms with E-state index in [1.165, 1.54) is 5.56 Å². The summed E-state index contributed by atoms with van der Waals surface area (Å²) in [6.07, 6.45) is 1.61. The van der Waals surface area contributed by atoms with Crippen LogP contribution in [0.3, 0.4) is 0 Å². The number of carbonyl (C=O) groups is 2. The highest BCUT2D eigenvalue weighted by atomic mass is 16.4. The molecule has 24 heavy (non-hydrogen) atoms. The summed E-state index contributed by atoms with van der Waals surface area (Å²) in [7, 11) is 0. The lowest BCUT2D eigenvalue weighted by molar-refractivity contribution is -0.137. The van der Waals surface area contributed by atoms with Gasteiger partial charge in [-0.25, -0.2) is 0 Å². The van der Waals surface area contributed by atoms with E-state index in [2.05, 4.69) is 12.1 Å². The molecule has 1 amide bonds. The number of hydrogen-bond acceptors (Lipinski definition) is 2. The summed E-state index contributed by atoms with van der Waals surface area (Å²) in [4.78, 5) is 25.1. The van der Waals surface area contributed by atoms with Crippen LogP contribution in [0.25, 0.3) is 0 Å². The van der Waals surface area contributed by atoms with Crippen molar-refractivity contribution in [2.24, 2.45) is 0 Å². The molecule has 2 aromatic rings. The fraction of sp³-hybridized carbons (Fsp3) is 0.300. The second-order valence-corrected chi connectivity index (χ2v) is 5.67. The molecule has 0 bridgehead atoms. The van der Waals surface area contributed by atoms with Crippen LogP contribution in [0, 0.1) is 0 Å². The Morgan fingerprint density at radius 3 is 2.29 bits per heavy atom. The van der Waals surface area contributed by atoms with E-state index in [9.17, 15) is 9.59 Å². The molecule has 0 aliphatic heterocycles. The van der Waals surface area contributed by atoms with E-state index >= 15 is 0 Å². The van der Waals surface area contributed by atoms with Crippen LogP contribution in [0.15, 0.2) is 54.6 Å². The Bertz CT molecular complexity index is 682. The molecule has 0 saturated carbocycles. The van der Waals surface area contributed by atoms with Gasteiger partial charge < -0.3 is 10.0 Å². The standard InChI is InChI=1S/C20H23NO3/c1-2-21(15-14-19(22)23)20(24)18-11-7-6-10-17(18)13-12-16-8-4-3-5-9-16/h3-11H,2,12-15H2,1H3,(H,22,23). The van der Waals surface area contributed by atoms with Gasteiger partial charge in [0.2, 0.25) is 0 Å². The predicted molar refractivity (Wildman–Crippen MR) is 94.1 cm³/mol. The van der Waals surface area contributed by atoms with Crippen molar-refractivity contribution in [2.75, 3.05) is 13.1 Å². The SMILES string of the molecule is CCN(CCC(=O)O)C(=O)c1ccccc1CCc1ccccc1. The fourth-order valence-electron chi connectivity index (χ4n) is 2.67. The Labute approximate surface area is 142 Å². The van der Waals surface area contributed by atoms with E-state index < -0.39 is 5.97 Å². The molecular weight excluding hydrogens is 302 g/mol. The first-order valence-electron chi connectivity index (χ1n) is 8.24. The third-order valence-electron chi connectivity index (χ3n) is 4.04. The minimum atomic E-state index is -0.890. The van der Waals surface area contributed by atoms with E-state index in [4.69, 9.17) is 5.11 Å². The van der Waals surface area contributed by atoms with Gasteiger partial charge in [-0.05, 0) is 37.0 Å². The molecule has 126 valence electrons. The van der Waals surface area contributed by atoms with Gasteiger partial charge in [-0.15, -0.1) is 0 Å². The third kappa shape index (κ3) is 4.95. The van der Waals surface area contributed by atoms with Crippen LogP contribution in [-0.2, 0) is 17.6 Å². The van der Waals surface area contributed by atoms with Crippen LogP contribution in [0.2, 0.25) is 0 Å². The molecule has 1 N–H and O–H groups in total. The molecule has 0 aromatic heterocycles. The van der Waals surface area contributed by atoms with Gasteiger partial charge in [-0.2, -0.15) is 0 Å². The Morgan fingerprint density at radius 1 is 0.958 bits per heavy atom. The Morgan fingerprint density at radius 2 is 1.62 bits per heavy atom. The lowest BCUT2D eigenvalue weighted by Crippen LogP contribution is -2.33. The summed E-state index contributed by atoms with van der Waals surface area (Å²) in [5, 5.41) is 8.84. The maximum Gasteiger partial charge on any atom is 0.305 e. The normalized spacial score (nSPS) is 10.4. The number of aryl methyl sites for hydroxylation is 2. The zero-order valence-electron chi connectivity index (χ0n) is 13.9. The number of rotatable bonds is 8. The Hall–Kier alpha value is -2.62. The number of nitrogens with zero attached hydrogens (tertiary/aromatic N) is 1. The number of carbonyl (C=O) groups excluding carboxylic acids is 1. The smallest absolute Gasteiger partial charge is 0.305 e. The molecule has 0 spiro atoms. The summed E-state index contributed by atoms with van der Waals surface area (Å²) in [5.41, 5.74) is 2.90. The van der Waals surface area contributed by atoms with Gasteiger partial charge >= 0.3 is 5.97 Å². The average molecular weight is 325 g/mol. The largest absolute Gasteiger partial charge is 0.481 e. The molecule has 0 unspecified atom stereocenters. The van der Waals surface area contributed by atoms with Gasteiger partial charge in [0, 0.05) is 18.7 Å². The predicted octanol–water partition coefficient (Wildman–Crippen LogP) is 3.41. The summed E-state index contributed by atoms with van der Waals surface area (Å²) in [5.74, 6) is -0.985. The van der Waals surface area contributed by atoms with Crippen LogP contribution < -0.4 is 0 Å². The zero-order valence-corrected chi connectivity index (χ0v) is 13.9. The number of benzene rings is 2. The number of carboxylic acids is 1. The molecule has 0 aliphatic rings. The first-order valence-corrected chi connectivity index (χ1v) is 8.24. The van der Waals surface area contributed by atoms with Crippen molar-refractivity contribution in [3.63, 3.8) is 0 Å². The van der Waals surface area contributed by atoms with Gasteiger partial charge in [-0.3, -0.25) is 9.59 Å². The molecule has 2 aromatic carbocycles. The van der Waals surface area contributed by atoms with Crippen molar-refractivity contribution >= 4 is 11.9 Å². The van der Waals surface area contributed by atoms with Gasteiger partial charge in [0.15, 0.2) is 0 Å². The highest BCUT2D eigenvalue weighted by Crippen LogP contribution is 2.15. The minimum Gasteiger partial charge on any atom is -0.481 e. The van der Waals surface area contributed by atoms with Gasteiger partial charge in [0.25, 0.3) is 5.91 Å². The van der Waals surface area contributed by atoms with Crippen molar-refractivity contribution in [1.82, 2.24) is 4.90 Å². The van der Waals surface area contributed by atoms with E-state index in [1.807, 2.05) is 49.4 Å². The van der Waals surface area contributed by atoms with E-state index in [-0.39, 0.29) is 18.9 Å².